The molecule has 3 N–H and O–H groups in total. The van der Waals surface area contributed by atoms with Crippen molar-refractivity contribution in [3.05, 3.63) is 0 Å². The first-order chi connectivity index (χ1) is 5.58. The van der Waals surface area contributed by atoms with Crippen LogP contribution in [0.3, 0.4) is 0 Å². The monoisotopic (exact) mass is 173 g/mol. The third kappa shape index (κ3) is 1.76. The highest BCUT2D eigenvalue weighted by Gasteiger charge is 2.38. The van der Waals surface area contributed by atoms with Crippen molar-refractivity contribution in [2.24, 2.45) is 5.73 Å². The van der Waals surface area contributed by atoms with Crippen LogP contribution in [0.2, 0.25) is 0 Å². The number of nitrogens with two attached hydrogens (primary N) is 1. The van der Waals surface area contributed by atoms with Crippen molar-refractivity contribution >= 4 is 5.97 Å². The summed E-state index contributed by atoms with van der Waals surface area (Å²) in [6.07, 6.45) is 2.72. The summed E-state index contributed by atoms with van der Waals surface area (Å²) in [6.45, 7) is 0. The summed E-state index contributed by atoms with van der Waals surface area (Å²) in [5.74, 6) is -0.892. The maximum atomic E-state index is 10.7. The van der Waals surface area contributed by atoms with E-state index in [0.29, 0.717) is 12.8 Å². The van der Waals surface area contributed by atoms with Crippen LogP contribution in [0.15, 0.2) is 0 Å². The summed E-state index contributed by atoms with van der Waals surface area (Å²) >= 11 is 0. The van der Waals surface area contributed by atoms with Gasteiger partial charge >= 0.3 is 5.97 Å². The molecule has 1 saturated carbocycles. The van der Waals surface area contributed by atoms with Crippen LogP contribution < -0.4 is 5.73 Å². The van der Waals surface area contributed by atoms with E-state index in [1.54, 1.807) is 7.11 Å². The number of carboxylic acids is 1. The SMILES string of the molecule is COC1CCC(N)(C(=O)O)CC1. The first-order valence-corrected chi connectivity index (χ1v) is 4.13. The van der Waals surface area contributed by atoms with Crippen molar-refractivity contribution in [2.75, 3.05) is 7.11 Å². The van der Waals surface area contributed by atoms with Gasteiger partial charge in [0.1, 0.15) is 5.54 Å². The molecule has 0 radical (unpaired) electrons. The van der Waals surface area contributed by atoms with Gasteiger partial charge in [-0.05, 0) is 25.7 Å². The molecule has 0 bridgehead atoms. The molecule has 0 aliphatic heterocycles. The summed E-state index contributed by atoms with van der Waals surface area (Å²) < 4.78 is 5.12. The van der Waals surface area contributed by atoms with E-state index < -0.39 is 11.5 Å². The van der Waals surface area contributed by atoms with Gasteiger partial charge in [0.05, 0.1) is 6.10 Å². The van der Waals surface area contributed by atoms with Gasteiger partial charge in [-0.3, -0.25) is 4.79 Å². The number of ether oxygens (including phenoxy) is 1. The van der Waals surface area contributed by atoms with Gasteiger partial charge in [-0.2, -0.15) is 0 Å². The van der Waals surface area contributed by atoms with Crippen LogP contribution >= 0.6 is 0 Å². The molecule has 0 aromatic heterocycles. The lowest BCUT2D eigenvalue weighted by Gasteiger charge is -2.32. The zero-order valence-electron chi connectivity index (χ0n) is 7.25. The van der Waals surface area contributed by atoms with E-state index in [1.165, 1.54) is 0 Å². The van der Waals surface area contributed by atoms with Crippen molar-refractivity contribution in [3.63, 3.8) is 0 Å². The van der Waals surface area contributed by atoms with Crippen LogP contribution in [0.5, 0.6) is 0 Å². The number of methoxy groups -OCH3 is 1. The first-order valence-electron chi connectivity index (χ1n) is 4.13. The summed E-state index contributed by atoms with van der Waals surface area (Å²) in [5.41, 5.74) is 4.66. The Morgan fingerprint density at radius 2 is 2.08 bits per heavy atom. The maximum Gasteiger partial charge on any atom is 0.323 e. The fourth-order valence-corrected chi connectivity index (χ4v) is 1.56. The summed E-state index contributed by atoms with van der Waals surface area (Å²) in [6, 6.07) is 0. The summed E-state index contributed by atoms with van der Waals surface area (Å²) in [7, 11) is 1.65. The normalized spacial score (nSPS) is 36.3. The third-order valence-electron chi connectivity index (χ3n) is 2.58. The molecular weight excluding hydrogens is 158 g/mol. The van der Waals surface area contributed by atoms with Crippen LogP contribution in [-0.4, -0.2) is 29.8 Å². The van der Waals surface area contributed by atoms with Crippen molar-refractivity contribution in [2.45, 2.75) is 37.3 Å². The molecule has 1 aliphatic carbocycles. The topological polar surface area (TPSA) is 72.5 Å². The zero-order chi connectivity index (χ0) is 9.19. The Labute approximate surface area is 71.7 Å². The van der Waals surface area contributed by atoms with E-state index in [-0.39, 0.29) is 6.10 Å². The second kappa shape index (κ2) is 3.41. The number of rotatable bonds is 2. The minimum absolute atomic E-state index is 0.195. The van der Waals surface area contributed by atoms with Gasteiger partial charge in [-0.15, -0.1) is 0 Å². The molecular formula is C8H15NO3. The van der Waals surface area contributed by atoms with E-state index >= 15 is 0 Å². The Hall–Kier alpha value is -0.610. The van der Waals surface area contributed by atoms with E-state index in [9.17, 15) is 4.79 Å². The minimum atomic E-state index is -1.00. The number of hydrogen-bond acceptors (Lipinski definition) is 3. The average molecular weight is 173 g/mol. The highest BCUT2D eigenvalue weighted by molar-refractivity contribution is 5.78. The van der Waals surface area contributed by atoms with Gasteiger partial charge in [-0.25, -0.2) is 0 Å². The molecule has 70 valence electrons. The molecule has 1 rings (SSSR count). The molecule has 0 spiro atoms. The van der Waals surface area contributed by atoms with Gasteiger partial charge in [0, 0.05) is 7.11 Å². The van der Waals surface area contributed by atoms with E-state index in [4.69, 9.17) is 15.6 Å². The molecule has 1 fully saturated rings. The molecule has 0 atom stereocenters. The predicted molar refractivity (Wildman–Crippen MR) is 43.8 cm³/mol. The van der Waals surface area contributed by atoms with Crippen molar-refractivity contribution in [3.8, 4) is 0 Å². The Morgan fingerprint density at radius 3 is 2.42 bits per heavy atom. The Morgan fingerprint density at radius 1 is 1.58 bits per heavy atom. The average Bonchev–Trinajstić information content (AvgIpc) is 2.06. The van der Waals surface area contributed by atoms with Gasteiger partial charge in [0.15, 0.2) is 0 Å². The van der Waals surface area contributed by atoms with Gasteiger partial charge < -0.3 is 15.6 Å². The fourth-order valence-electron chi connectivity index (χ4n) is 1.56. The molecule has 1 aliphatic rings. The number of hydrogen-bond donors (Lipinski definition) is 2. The molecule has 0 heterocycles. The van der Waals surface area contributed by atoms with Crippen LogP contribution in [0, 0.1) is 0 Å². The van der Waals surface area contributed by atoms with Gasteiger partial charge in [-0.1, -0.05) is 0 Å². The van der Waals surface area contributed by atoms with Crippen molar-refractivity contribution < 1.29 is 14.6 Å². The Bertz CT molecular complexity index is 173. The second-order valence-electron chi connectivity index (χ2n) is 3.40. The highest BCUT2D eigenvalue weighted by atomic mass is 16.5. The second-order valence-corrected chi connectivity index (χ2v) is 3.40. The van der Waals surface area contributed by atoms with Gasteiger partial charge in [0.2, 0.25) is 0 Å². The molecule has 12 heavy (non-hydrogen) atoms. The third-order valence-corrected chi connectivity index (χ3v) is 2.58. The number of carbonyl (C=O) groups is 1. The van der Waals surface area contributed by atoms with Crippen molar-refractivity contribution in [1.29, 1.82) is 0 Å². The largest absolute Gasteiger partial charge is 0.480 e. The molecule has 4 heteroatoms. The molecule has 0 unspecified atom stereocenters. The summed E-state index contributed by atoms with van der Waals surface area (Å²) in [4.78, 5) is 10.7. The molecule has 0 amide bonds. The van der Waals surface area contributed by atoms with E-state index in [1.807, 2.05) is 0 Å². The number of aliphatic carboxylic acids is 1. The molecule has 4 nitrogen and oxygen atoms in total. The smallest absolute Gasteiger partial charge is 0.323 e. The van der Waals surface area contributed by atoms with Crippen LogP contribution in [0.25, 0.3) is 0 Å². The molecule has 0 saturated heterocycles. The Kier molecular flexibility index (Phi) is 2.69. The maximum absolute atomic E-state index is 10.7. The lowest BCUT2D eigenvalue weighted by molar-refractivity contribution is -0.145. The fraction of sp³-hybridized carbons (Fsp3) is 0.875. The zero-order valence-corrected chi connectivity index (χ0v) is 7.25. The highest BCUT2D eigenvalue weighted by Crippen LogP contribution is 2.27. The minimum Gasteiger partial charge on any atom is -0.480 e. The van der Waals surface area contributed by atoms with Crippen LogP contribution in [0.1, 0.15) is 25.7 Å². The van der Waals surface area contributed by atoms with E-state index in [2.05, 4.69) is 0 Å². The lowest BCUT2D eigenvalue weighted by Crippen LogP contribution is -2.51. The standard InChI is InChI=1S/C8H15NO3/c1-12-6-2-4-8(9,5-3-6)7(10)11/h6H,2-5,9H2,1H3,(H,10,11). The number of carboxylic acid groups (broad SMARTS) is 1. The van der Waals surface area contributed by atoms with Crippen LogP contribution in [0.4, 0.5) is 0 Å². The van der Waals surface area contributed by atoms with Gasteiger partial charge in [0.25, 0.3) is 0 Å². The van der Waals surface area contributed by atoms with Crippen molar-refractivity contribution in [1.82, 2.24) is 0 Å². The lowest BCUT2D eigenvalue weighted by atomic mass is 9.81. The quantitative estimate of drug-likeness (QED) is 0.632. The predicted octanol–water partition coefficient (Wildman–Crippen LogP) is 0.357. The molecule has 0 aromatic carbocycles. The van der Waals surface area contributed by atoms with Crippen LogP contribution in [-0.2, 0) is 9.53 Å². The Balaban J connectivity index is 2.49. The molecule has 0 aromatic rings. The first kappa shape index (κ1) is 9.48. The van der Waals surface area contributed by atoms with E-state index in [0.717, 1.165) is 12.8 Å². The summed E-state index contributed by atoms with van der Waals surface area (Å²) in [5, 5.41) is 8.79.